The van der Waals surface area contributed by atoms with Gasteiger partial charge in [-0.05, 0) is 60.7 Å². The Morgan fingerprint density at radius 1 is 0.722 bits per heavy atom. The second-order valence-electron chi connectivity index (χ2n) is 8.34. The van der Waals surface area contributed by atoms with Crippen LogP contribution in [0.4, 0.5) is 0 Å². The van der Waals surface area contributed by atoms with Gasteiger partial charge in [0.1, 0.15) is 15.9 Å². The number of unbranched alkanes of at least 4 members (excludes halogenated alkanes) is 1. The van der Waals surface area contributed by atoms with Gasteiger partial charge in [-0.2, -0.15) is 0 Å². The largest absolute Gasteiger partial charge is 0.768 e. The Morgan fingerprint density at radius 3 is 1.56 bits per heavy atom. The van der Waals surface area contributed by atoms with Crippen molar-refractivity contribution in [1.82, 2.24) is 5.32 Å². The van der Waals surface area contributed by atoms with Gasteiger partial charge in [0.25, 0.3) is 5.91 Å². The summed E-state index contributed by atoms with van der Waals surface area (Å²) in [6, 6.07) is 40.9. The van der Waals surface area contributed by atoms with Crippen LogP contribution in [-0.4, -0.2) is 11.7 Å². The lowest BCUT2D eigenvalue weighted by atomic mass is 10.2. The highest BCUT2D eigenvalue weighted by molar-refractivity contribution is 8.12. The van der Waals surface area contributed by atoms with Crippen LogP contribution in [0.5, 0.6) is 0 Å². The summed E-state index contributed by atoms with van der Waals surface area (Å²) in [6.07, 6.45) is 2.16. The van der Waals surface area contributed by atoms with Gasteiger partial charge in [0.15, 0.2) is 12.7 Å². The second kappa shape index (κ2) is 12.9. The number of hydrogen-bond acceptors (Lipinski definition) is 3. The molecule has 36 heavy (non-hydrogen) atoms. The van der Waals surface area contributed by atoms with E-state index in [4.69, 9.17) is 12.6 Å². The predicted molar refractivity (Wildman–Crippen MR) is 161 cm³/mol. The molecule has 182 valence electrons. The van der Waals surface area contributed by atoms with E-state index in [1.165, 1.54) is 0 Å². The van der Waals surface area contributed by atoms with E-state index >= 15 is 0 Å². The highest BCUT2D eigenvalue weighted by Gasteiger charge is 2.50. The summed E-state index contributed by atoms with van der Waals surface area (Å²) in [5.74, 6) is 0.773. The average Bonchev–Trinajstić information content (AvgIpc) is 2.95. The number of rotatable bonds is 10. The summed E-state index contributed by atoms with van der Waals surface area (Å²) >= 11 is 7.81. The minimum absolute atomic E-state index is 0.142. The minimum atomic E-state index is -2.52. The summed E-state index contributed by atoms with van der Waals surface area (Å²) in [6.45, 7) is 2.18. The van der Waals surface area contributed by atoms with Crippen LogP contribution in [0, 0.1) is 0 Å². The Kier molecular flexibility index (Phi) is 9.35. The van der Waals surface area contributed by atoms with E-state index in [1.807, 2.05) is 48.5 Å². The van der Waals surface area contributed by atoms with E-state index in [0.29, 0.717) is 5.56 Å². The Morgan fingerprint density at radius 2 is 1.14 bits per heavy atom. The Bertz CT molecular complexity index is 1180. The van der Waals surface area contributed by atoms with Gasteiger partial charge in [-0.25, -0.2) is 0 Å². The van der Waals surface area contributed by atoms with Crippen molar-refractivity contribution < 1.29 is 4.79 Å². The normalized spacial score (nSPS) is 12.0. The molecule has 0 aliphatic rings. The molecule has 0 aliphatic carbocycles. The smallest absolute Gasteiger partial charge is 0.258 e. The Hall–Kier alpha value is -2.91. The zero-order valence-electron chi connectivity index (χ0n) is 20.3. The lowest BCUT2D eigenvalue weighted by Crippen LogP contribution is -2.39. The third-order valence-corrected chi connectivity index (χ3v) is 12.0. The molecule has 1 amide bonds. The van der Waals surface area contributed by atoms with E-state index in [9.17, 15) is 4.79 Å². The molecule has 1 N–H and O–H groups in total. The van der Waals surface area contributed by atoms with Gasteiger partial charge in [-0.15, -0.1) is 11.8 Å². The van der Waals surface area contributed by atoms with E-state index in [2.05, 4.69) is 85.0 Å². The quantitative estimate of drug-likeness (QED) is 0.143. The predicted octanol–water partition coefficient (Wildman–Crippen LogP) is 6.62. The van der Waals surface area contributed by atoms with Crippen LogP contribution >= 0.6 is 19.0 Å². The molecule has 0 fully saturated rings. The summed E-state index contributed by atoms with van der Waals surface area (Å²) in [4.78, 5) is 13.6. The molecule has 4 aromatic rings. The van der Waals surface area contributed by atoms with Crippen molar-refractivity contribution in [3.63, 3.8) is 0 Å². The van der Waals surface area contributed by atoms with Crippen LogP contribution in [0.3, 0.4) is 0 Å². The Balaban J connectivity index is 2.02. The third kappa shape index (κ3) is 5.73. The van der Waals surface area contributed by atoms with Crippen molar-refractivity contribution in [1.29, 1.82) is 0 Å². The summed E-state index contributed by atoms with van der Waals surface area (Å²) in [5, 5.41) is 6.83. The number of carbonyl (C=O) groups is 1. The second-order valence-corrected chi connectivity index (χ2v) is 13.4. The SMILES string of the molecule is CCCCSC([S-])=C(NC(=O)c1ccccc1)[P+](c1ccccc1)(c1ccccc1)c1ccccc1. The highest BCUT2D eigenvalue weighted by atomic mass is 32.2. The fourth-order valence-electron chi connectivity index (χ4n) is 4.21. The zero-order valence-corrected chi connectivity index (χ0v) is 22.9. The van der Waals surface area contributed by atoms with Gasteiger partial charge in [-0.3, -0.25) is 10.1 Å². The van der Waals surface area contributed by atoms with Crippen LogP contribution in [0.2, 0.25) is 0 Å². The molecule has 5 heteroatoms. The molecule has 0 unspecified atom stereocenters. The minimum Gasteiger partial charge on any atom is -0.768 e. The molecule has 0 spiro atoms. The van der Waals surface area contributed by atoms with Crippen LogP contribution in [0.25, 0.3) is 0 Å². The molecule has 0 aromatic heterocycles. The van der Waals surface area contributed by atoms with Gasteiger partial charge in [-0.1, -0.05) is 90.4 Å². The maximum atomic E-state index is 13.6. The Labute approximate surface area is 225 Å². The molecule has 0 saturated carbocycles. The molecule has 0 bridgehead atoms. The first kappa shape index (κ1) is 26.2. The summed E-state index contributed by atoms with van der Waals surface area (Å²) in [7, 11) is -2.52. The van der Waals surface area contributed by atoms with Crippen LogP contribution in [0.1, 0.15) is 30.1 Å². The monoisotopic (exact) mass is 527 g/mol. The first-order chi connectivity index (χ1) is 17.7. The van der Waals surface area contributed by atoms with Gasteiger partial charge >= 0.3 is 0 Å². The molecular weight excluding hydrogens is 497 g/mol. The molecule has 2 nitrogen and oxygen atoms in total. The molecule has 4 aromatic carbocycles. The number of thioether (sulfide) groups is 1. The van der Waals surface area contributed by atoms with Crippen LogP contribution < -0.4 is 21.2 Å². The van der Waals surface area contributed by atoms with Crippen LogP contribution in [-0.2, 0) is 12.6 Å². The van der Waals surface area contributed by atoms with Crippen molar-refractivity contribution in [2.75, 3.05) is 5.75 Å². The standard InChI is InChI=1S/C31H30NOPS2/c1-2-3-24-36-31(35)30(32-29(33)25-16-8-4-9-17-25)34(26-18-10-5-11-19-26,27-20-12-6-13-21-27)28-22-14-7-15-23-28/h4-23H,2-3,24H2,1H3,(H-,32,33,35). The summed E-state index contributed by atoms with van der Waals surface area (Å²) in [5.41, 5.74) is 1.44. The fraction of sp³-hybridized carbons (Fsp3) is 0.129. The molecule has 0 radical (unpaired) electrons. The van der Waals surface area contributed by atoms with E-state index in [1.54, 1.807) is 11.8 Å². The van der Waals surface area contributed by atoms with E-state index in [0.717, 1.165) is 44.2 Å². The number of carbonyl (C=O) groups excluding carboxylic acids is 1. The molecule has 4 rings (SSSR count). The van der Waals surface area contributed by atoms with E-state index in [-0.39, 0.29) is 5.91 Å². The van der Waals surface area contributed by atoms with Crippen molar-refractivity contribution in [2.24, 2.45) is 0 Å². The molecule has 0 saturated heterocycles. The van der Waals surface area contributed by atoms with E-state index < -0.39 is 7.26 Å². The topological polar surface area (TPSA) is 29.1 Å². The van der Waals surface area contributed by atoms with Crippen molar-refractivity contribution in [3.05, 3.63) is 137 Å². The van der Waals surface area contributed by atoms with Gasteiger partial charge < -0.3 is 12.6 Å². The first-order valence-electron chi connectivity index (χ1n) is 12.1. The number of hydrogen-bond donors (Lipinski definition) is 1. The third-order valence-electron chi connectivity index (χ3n) is 5.96. The van der Waals surface area contributed by atoms with Gasteiger partial charge in [0.05, 0.1) is 0 Å². The van der Waals surface area contributed by atoms with Crippen LogP contribution in [0.15, 0.2) is 131 Å². The number of nitrogens with one attached hydrogen (secondary N) is 1. The molecular formula is C31H30NOPS2. The first-order valence-corrected chi connectivity index (χ1v) is 15.3. The lowest BCUT2D eigenvalue weighted by Gasteiger charge is -2.33. The van der Waals surface area contributed by atoms with Crippen molar-refractivity contribution in [3.8, 4) is 0 Å². The van der Waals surface area contributed by atoms with Crippen molar-refractivity contribution >= 4 is 53.5 Å². The maximum Gasteiger partial charge on any atom is 0.258 e. The average molecular weight is 528 g/mol. The molecule has 0 aliphatic heterocycles. The highest BCUT2D eigenvalue weighted by Crippen LogP contribution is 2.63. The number of amides is 1. The van der Waals surface area contributed by atoms with Crippen molar-refractivity contribution in [2.45, 2.75) is 19.8 Å². The fourth-order valence-corrected chi connectivity index (χ4v) is 10.4. The molecule has 0 atom stereocenters. The zero-order chi connectivity index (χ0) is 25.2. The summed E-state index contributed by atoms with van der Waals surface area (Å²) < 4.78 is 0.748. The maximum absolute atomic E-state index is 13.6. The lowest BCUT2D eigenvalue weighted by molar-refractivity contribution is 0.0968. The molecule has 0 heterocycles. The van der Waals surface area contributed by atoms with Gasteiger partial charge in [0.2, 0.25) is 0 Å². The van der Waals surface area contributed by atoms with Gasteiger partial charge in [0, 0.05) is 5.56 Å². The number of benzene rings is 4.